The molecule has 1 aromatic heterocycles. The molecular formula is C38H44ClN3O6S. The summed E-state index contributed by atoms with van der Waals surface area (Å²) in [4.78, 5) is 41.1. The van der Waals surface area contributed by atoms with Crippen molar-refractivity contribution in [2.75, 3.05) is 51.5 Å². The van der Waals surface area contributed by atoms with Crippen LogP contribution in [0.25, 0.3) is 10.9 Å². The molecule has 0 atom stereocenters. The van der Waals surface area contributed by atoms with Crippen LogP contribution >= 0.6 is 23.4 Å². The van der Waals surface area contributed by atoms with Crippen LogP contribution in [-0.2, 0) is 27.3 Å². The molecule has 1 fully saturated rings. The predicted molar refractivity (Wildman–Crippen MR) is 195 cm³/mol. The van der Waals surface area contributed by atoms with Crippen LogP contribution in [0.1, 0.15) is 52.9 Å². The molecule has 0 saturated carbocycles. The molecule has 0 unspecified atom stereocenters. The van der Waals surface area contributed by atoms with Gasteiger partial charge in [0.05, 0.1) is 38.0 Å². The van der Waals surface area contributed by atoms with Gasteiger partial charge in [-0.3, -0.25) is 23.9 Å². The fraction of sp³-hybridized carbons (Fsp3) is 0.395. The van der Waals surface area contributed by atoms with Gasteiger partial charge in [-0.25, -0.2) is 0 Å². The lowest BCUT2D eigenvalue weighted by Gasteiger charge is -2.15. The van der Waals surface area contributed by atoms with Gasteiger partial charge in [0.1, 0.15) is 11.5 Å². The number of esters is 1. The Labute approximate surface area is 297 Å². The maximum absolute atomic E-state index is 13.5. The number of carbonyl (C=O) groups is 3. The molecule has 1 amide bonds. The topological polar surface area (TPSA) is 99.1 Å². The molecule has 1 aliphatic rings. The van der Waals surface area contributed by atoms with Crippen LogP contribution in [0, 0.1) is 6.92 Å². The predicted octanol–water partition coefficient (Wildman–Crippen LogP) is 6.69. The largest absolute Gasteiger partial charge is 0.497 e. The fourth-order valence-electron chi connectivity index (χ4n) is 5.98. The zero-order valence-corrected chi connectivity index (χ0v) is 29.7. The summed E-state index contributed by atoms with van der Waals surface area (Å²) >= 11 is 7.53. The first-order valence-corrected chi connectivity index (χ1v) is 18.3. The van der Waals surface area contributed by atoms with Crippen LogP contribution in [0.3, 0.4) is 0 Å². The number of carbonyl (C=O) groups excluding carboxylic acids is 3. The Kier molecular flexibility index (Phi) is 13.4. The van der Waals surface area contributed by atoms with Crippen LogP contribution in [0.4, 0.5) is 0 Å². The van der Waals surface area contributed by atoms with Gasteiger partial charge in [-0.05, 0) is 117 Å². The normalized spacial score (nSPS) is 13.0. The van der Waals surface area contributed by atoms with Crippen molar-refractivity contribution in [1.29, 1.82) is 0 Å². The van der Waals surface area contributed by atoms with Gasteiger partial charge in [0.2, 0.25) is 5.91 Å². The fourth-order valence-corrected chi connectivity index (χ4v) is 6.86. The Morgan fingerprint density at radius 1 is 0.939 bits per heavy atom. The van der Waals surface area contributed by atoms with Gasteiger partial charge in [0.15, 0.2) is 0 Å². The molecule has 1 aliphatic heterocycles. The lowest BCUT2D eigenvalue weighted by atomic mass is 10.1. The summed E-state index contributed by atoms with van der Waals surface area (Å²) < 4.78 is 18.5. The number of hydrogen-bond donors (Lipinski definition) is 1. The van der Waals surface area contributed by atoms with Crippen molar-refractivity contribution < 1.29 is 28.6 Å². The molecule has 0 radical (unpaired) electrons. The van der Waals surface area contributed by atoms with E-state index in [2.05, 4.69) is 22.3 Å². The highest BCUT2D eigenvalue weighted by Gasteiger charge is 2.22. The van der Waals surface area contributed by atoms with Gasteiger partial charge < -0.3 is 19.5 Å². The highest BCUT2D eigenvalue weighted by Crippen LogP contribution is 2.31. The highest BCUT2D eigenvalue weighted by atomic mass is 35.5. The van der Waals surface area contributed by atoms with E-state index < -0.39 is 0 Å². The summed E-state index contributed by atoms with van der Waals surface area (Å²) in [7, 11) is 1.58. The van der Waals surface area contributed by atoms with Crippen molar-refractivity contribution >= 4 is 52.0 Å². The van der Waals surface area contributed by atoms with Crippen LogP contribution in [0.5, 0.6) is 11.5 Å². The third-order valence-corrected chi connectivity index (χ3v) is 9.80. The maximum atomic E-state index is 13.5. The van der Waals surface area contributed by atoms with Gasteiger partial charge in [0.25, 0.3) is 5.91 Å². The van der Waals surface area contributed by atoms with Gasteiger partial charge in [-0.1, -0.05) is 23.7 Å². The zero-order valence-electron chi connectivity index (χ0n) is 28.2. The number of likely N-dealkylation sites (tertiary alicyclic amines) is 1. The maximum Gasteiger partial charge on any atom is 0.310 e. The second-order valence-electron chi connectivity index (χ2n) is 12.1. The molecule has 2 heterocycles. The molecule has 0 spiro atoms. The van der Waals surface area contributed by atoms with E-state index in [4.69, 9.17) is 25.8 Å². The molecule has 0 bridgehead atoms. The number of methoxy groups -OCH3 is 1. The summed E-state index contributed by atoms with van der Waals surface area (Å²) in [5, 5.41) is 4.24. The number of aromatic nitrogens is 1. The standard InChI is InChI=1S/C38H44ClN3O6S/c1-27-33(34-23-31(46-2)14-15-35(34)42(27)38(45)29-10-12-30(39)13-11-29)24-37(44)48-20-7-21-49-26-36(43)40-16-6-19-47-32-9-5-8-28(22-32)25-41-17-3-4-18-41/h5,8-15,22-23H,3-4,6-7,16-21,24-26H2,1-2H3,(H,40,43). The number of nitrogens with zero attached hydrogens (tertiary/aromatic N) is 2. The first kappa shape index (κ1) is 36.3. The smallest absolute Gasteiger partial charge is 0.310 e. The Balaban J connectivity index is 0.996. The minimum atomic E-state index is -0.382. The molecule has 3 aromatic carbocycles. The minimum absolute atomic E-state index is 0.0136. The summed E-state index contributed by atoms with van der Waals surface area (Å²) in [5.74, 6) is 1.90. The summed E-state index contributed by atoms with van der Waals surface area (Å²) in [6.07, 6.45) is 3.92. The van der Waals surface area contributed by atoms with Crippen LogP contribution < -0.4 is 14.8 Å². The third kappa shape index (κ3) is 10.3. The number of nitrogens with one attached hydrogen (secondary N) is 1. The zero-order chi connectivity index (χ0) is 34.6. The Bertz CT molecular complexity index is 1740. The molecule has 49 heavy (non-hydrogen) atoms. The van der Waals surface area contributed by atoms with Crippen molar-refractivity contribution in [3.05, 3.63) is 94.1 Å². The second-order valence-corrected chi connectivity index (χ2v) is 13.6. The number of halogens is 1. The lowest BCUT2D eigenvalue weighted by Crippen LogP contribution is -2.27. The van der Waals surface area contributed by atoms with E-state index in [-0.39, 0.29) is 30.8 Å². The summed E-state index contributed by atoms with van der Waals surface area (Å²) in [5.41, 5.74) is 3.81. The van der Waals surface area contributed by atoms with E-state index in [0.29, 0.717) is 64.2 Å². The van der Waals surface area contributed by atoms with E-state index in [1.54, 1.807) is 42.0 Å². The lowest BCUT2D eigenvalue weighted by molar-refractivity contribution is -0.142. The van der Waals surface area contributed by atoms with Gasteiger partial charge in [-0.15, -0.1) is 0 Å². The number of fused-ring (bicyclic) bond motifs is 1. The van der Waals surface area contributed by atoms with Crippen molar-refractivity contribution in [2.24, 2.45) is 0 Å². The molecule has 1 N–H and O–H groups in total. The molecule has 5 rings (SSSR count). The molecule has 11 heteroatoms. The van der Waals surface area contributed by atoms with Crippen LogP contribution in [0.15, 0.2) is 66.7 Å². The highest BCUT2D eigenvalue weighted by molar-refractivity contribution is 7.99. The number of benzene rings is 3. The number of thioether (sulfide) groups is 1. The van der Waals surface area contributed by atoms with E-state index in [1.165, 1.54) is 43.3 Å². The number of amides is 1. The van der Waals surface area contributed by atoms with Crippen molar-refractivity contribution in [2.45, 2.75) is 45.6 Å². The molecule has 9 nitrogen and oxygen atoms in total. The van der Waals surface area contributed by atoms with Crippen molar-refractivity contribution in [3.8, 4) is 11.5 Å². The quantitative estimate of drug-likeness (QED) is 0.0959. The van der Waals surface area contributed by atoms with Crippen LogP contribution in [-0.4, -0.2) is 78.7 Å². The summed E-state index contributed by atoms with van der Waals surface area (Å²) in [6.45, 7) is 6.46. The molecule has 0 aliphatic carbocycles. The molecule has 1 saturated heterocycles. The number of rotatable bonds is 17. The molecule has 4 aromatic rings. The van der Waals surface area contributed by atoms with Crippen molar-refractivity contribution in [3.63, 3.8) is 0 Å². The molecular weight excluding hydrogens is 662 g/mol. The number of hydrogen-bond acceptors (Lipinski definition) is 8. The van der Waals surface area contributed by atoms with Gasteiger partial charge >= 0.3 is 5.97 Å². The van der Waals surface area contributed by atoms with E-state index in [1.807, 2.05) is 31.2 Å². The Morgan fingerprint density at radius 2 is 1.73 bits per heavy atom. The second kappa shape index (κ2) is 18.1. The van der Waals surface area contributed by atoms with E-state index in [9.17, 15) is 14.4 Å². The van der Waals surface area contributed by atoms with Gasteiger partial charge in [-0.2, -0.15) is 11.8 Å². The number of ether oxygens (including phenoxy) is 3. The van der Waals surface area contributed by atoms with Gasteiger partial charge in [0, 0.05) is 34.8 Å². The Morgan fingerprint density at radius 3 is 2.51 bits per heavy atom. The Hall–Kier alpha value is -3.99. The SMILES string of the molecule is COc1ccc2c(c1)c(CC(=O)OCCCSCC(=O)NCCCOc1cccc(CN3CCCC3)c1)c(C)n2C(=O)c1ccc(Cl)cc1. The first-order chi connectivity index (χ1) is 23.8. The van der Waals surface area contributed by atoms with E-state index in [0.717, 1.165) is 24.1 Å². The van der Waals surface area contributed by atoms with Crippen LogP contribution in [0.2, 0.25) is 5.02 Å². The van der Waals surface area contributed by atoms with Crippen molar-refractivity contribution in [1.82, 2.24) is 14.8 Å². The average molecular weight is 706 g/mol. The molecule has 260 valence electrons. The first-order valence-electron chi connectivity index (χ1n) is 16.7. The minimum Gasteiger partial charge on any atom is -0.497 e. The average Bonchev–Trinajstić information content (AvgIpc) is 3.71. The monoisotopic (exact) mass is 705 g/mol. The van der Waals surface area contributed by atoms with E-state index >= 15 is 0 Å². The third-order valence-electron chi connectivity index (χ3n) is 8.50. The summed E-state index contributed by atoms with van der Waals surface area (Å²) in [6, 6.07) is 20.4.